The largest absolute Gasteiger partial charge is 0.465 e. The van der Waals surface area contributed by atoms with Gasteiger partial charge in [0.15, 0.2) is 0 Å². The lowest BCUT2D eigenvalue weighted by atomic mass is 10.2. The molecule has 1 aliphatic rings. The molecule has 1 aliphatic heterocycles. The van der Waals surface area contributed by atoms with Crippen LogP contribution in [0.5, 0.6) is 5.19 Å². The highest BCUT2D eigenvalue weighted by molar-refractivity contribution is 7.89. The number of hydrogen-bond acceptors (Lipinski definition) is 5. The highest BCUT2D eigenvalue weighted by Crippen LogP contribution is 2.26. The number of ether oxygens (including phenoxy) is 1. The maximum Gasteiger partial charge on any atom is 0.273 e. The van der Waals surface area contributed by atoms with Crippen LogP contribution in [0.25, 0.3) is 0 Å². The molecule has 0 bridgehead atoms. The molecule has 0 saturated carbocycles. The summed E-state index contributed by atoms with van der Waals surface area (Å²) in [6.45, 7) is 4.64. The Labute approximate surface area is 134 Å². The van der Waals surface area contributed by atoms with Gasteiger partial charge in [-0.15, -0.1) is 0 Å². The fourth-order valence-electron chi connectivity index (χ4n) is 2.65. The van der Waals surface area contributed by atoms with E-state index in [0.717, 1.165) is 11.1 Å². The minimum absolute atomic E-state index is 0.133. The Morgan fingerprint density at radius 2 is 2.18 bits per heavy atom. The Morgan fingerprint density at radius 3 is 2.86 bits per heavy atom. The first-order valence-electron chi connectivity index (χ1n) is 7.10. The maximum absolute atomic E-state index is 12.8. The van der Waals surface area contributed by atoms with Gasteiger partial charge >= 0.3 is 0 Å². The van der Waals surface area contributed by atoms with Crippen LogP contribution in [-0.2, 0) is 10.0 Å². The molecule has 1 unspecified atom stereocenters. The Balaban J connectivity index is 1.76. The minimum atomic E-state index is -3.46. The van der Waals surface area contributed by atoms with Gasteiger partial charge in [0.2, 0.25) is 10.0 Å². The van der Waals surface area contributed by atoms with Gasteiger partial charge in [-0.25, -0.2) is 13.4 Å². The number of aryl methyl sites for hydroxylation is 2. The maximum atomic E-state index is 12.8. The van der Waals surface area contributed by atoms with Gasteiger partial charge in [0.1, 0.15) is 6.10 Å². The van der Waals surface area contributed by atoms with Crippen LogP contribution in [0.1, 0.15) is 17.5 Å². The van der Waals surface area contributed by atoms with E-state index in [2.05, 4.69) is 4.98 Å². The van der Waals surface area contributed by atoms with Crippen molar-refractivity contribution in [3.63, 3.8) is 0 Å². The molecule has 1 aromatic carbocycles. The van der Waals surface area contributed by atoms with Crippen LogP contribution < -0.4 is 4.74 Å². The lowest BCUT2D eigenvalue weighted by Crippen LogP contribution is -2.31. The summed E-state index contributed by atoms with van der Waals surface area (Å²) in [5.41, 5.74) is 1.84. The molecule has 1 fully saturated rings. The smallest absolute Gasteiger partial charge is 0.273 e. The predicted molar refractivity (Wildman–Crippen MR) is 85.8 cm³/mol. The van der Waals surface area contributed by atoms with Crippen LogP contribution in [0.3, 0.4) is 0 Å². The Kier molecular flexibility index (Phi) is 4.20. The number of nitrogens with zero attached hydrogens (tertiary/aromatic N) is 2. The molecule has 1 saturated heterocycles. The number of hydrogen-bond donors (Lipinski definition) is 0. The quantitative estimate of drug-likeness (QED) is 0.860. The normalized spacial score (nSPS) is 19.5. The second-order valence-electron chi connectivity index (χ2n) is 5.46. The Bertz CT molecular complexity index is 757. The third-order valence-corrected chi connectivity index (χ3v) is 6.42. The third kappa shape index (κ3) is 3.02. The van der Waals surface area contributed by atoms with Crippen molar-refractivity contribution in [2.45, 2.75) is 31.3 Å². The van der Waals surface area contributed by atoms with Crippen LogP contribution in [0.15, 0.2) is 34.7 Å². The van der Waals surface area contributed by atoms with E-state index in [1.807, 2.05) is 31.4 Å². The molecule has 5 nitrogen and oxygen atoms in total. The first kappa shape index (κ1) is 15.5. The van der Waals surface area contributed by atoms with Crippen molar-refractivity contribution in [1.82, 2.24) is 9.29 Å². The van der Waals surface area contributed by atoms with Gasteiger partial charge < -0.3 is 4.74 Å². The fraction of sp³-hybridized carbons (Fsp3) is 0.400. The summed E-state index contributed by atoms with van der Waals surface area (Å²) < 4.78 is 32.8. The lowest BCUT2D eigenvalue weighted by Gasteiger charge is -2.18. The molecule has 0 N–H and O–H groups in total. The Hall–Kier alpha value is -1.44. The van der Waals surface area contributed by atoms with Crippen LogP contribution in [-0.4, -0.2) is 36.9 Å². The molecule has 22 heavy (non-hydrogen) atoms. The number of aromatic nitrogens is 1. The van der Waals surface area contributed by atoms with Crippen molar-refractivity contribution in [1.29, 1.82) is 0 Å². The summed E-state index contributed by atoms with van der Waals surface area (Å²) >= 11 is 1.42. The van der Waals surface area contributed by atoms with Gasteiger partial charge in [-0.2, -0.15) is 4.31 Å². The van der Waals surface area contributed by atoms with Crippen molar-refractivity contribution in [3.05, 3.63) is 40.9 Å². The van der Waals surface area contributed by atoms with Crippen molar-refractivity contribution < 1.29 is 13.2 Å². The second kappa shape index (κ2) is 5.98. The number of rotatable bonds is 4. The fourth-order valence-corrected chi connectivity index (χ4v) is 4.89. The molecular formula is C15H18N2O3S2. The molecule has 0 amide bonds. The van der Waals surface area contributed by atoms with Gasteiger partial charge in [0.05, 0.1) is 11.4 Å². The summed E-state index contributed by atoms with van der Waals surface area (Å²) in [6, 6.07) is 5.42. The molecule has 118 valence electrons. The van der Waals surface area contributed by atoms with Crippen molar-refractivity contribution in [2.24, 2.45) is 0 Å². The van der Waals surface area contributed by atoms with E-state index in [0.29, 0.717) is 29.6 Å². The highest BCUT2D eigenvalue weighted by Gasteiger charge is 2.34. The van der Waals surface area contributed by atoms with E-state index in [9.17, 15) is 8.42 Å². The standard InChI is InChI=1S/C15H18N2O3S2/c1-11-3-4-14(12(2)9-11)22(18,19)17-7-5-13(10-17)20-15-16-6-8-21-15/h3-4,6,8-9,13H,5,7,10H2,1-2H3. The van der Waals surface area contributed by atoms with E-state index in [4.69, 9.17) is 4.74 Å². The summed E-state index contributed by atoms with van der Waals surface area (Å²) in [6.07, 6.45) is 2.23. The third-order valence-electron chi connectivity index (χ3n) is 3.73. The predicted octanol–water partition coefficient (Wildman–Crippen LogP) is 2.60. The van der Waals surface area contributed by atoms with Crippen molar-refractivity contribution in [3.8, 4) is 5.19 Å². The zero-order chi connectivity index (χ0) is 15.7. The molecule has 3 rings (SSSR count). The number of thiazole rings is 1. The average Bonchev–Trinajstić information content (AvgIpc) is 3.10. The number of sulfonamides is 1. The molecule has 0 aliphatic carbocycles. The zero-order valence-corrected chi connectivity index (χ0v) is 14.2. The van der Waals surface area contributed by atoms with E-state index in [1.165, 1.54) is 15.6 Å². The summed E-state index contributed by atoms with van der Waals surface area (Å²) in [5, 5.41) is 2.44. The highest BCUT2D eigenvalue weighted by atomic mass is 32.2. The van der Waals surface area contributed by atoms with Crippen molar-refractivity contribution >= 4 is 21.4 Å². The molecule has 1 atom stereocenters. The topological polar surface area (TPSA) is 59.5 Å². The van der Waals surface area contributed by atoms with Gasteiger partial charge in [0.25, 0.3) is 5.19 Å². The minimum Gasteiger partial charge on any atom is -0.465 e. The number of benzene rings is 1. The summed E-state index contributed by atoms with van der Waals surface area (Å²) in [4.78, 5) is 4.46. The Morgan fingerprint density at radius 1 is 1.36 bits per heavy atom. The average molecular weight is 338 g/mol. The molecule has 0 radical (unpaired) electrons. The molecule has 7 heteroatoms. The molecule has 1 aromatic heterocycles. The second-order valence-corrected chi connectivity index (χ2v) is 8.22. The SMILES string of the molecule is Cc1ccc(S(=O)(=O)N2CCC(Oc3nccs3)C2)c(C)c1. The zero-order valence-electron chi connectivity index (χ0n) is 12.5. The first-order valence-corrected chi connectivity index (χ1v) is 9.42. The lowest BCUT2D eigenvalue weighted by molar-refractivity contribution is 0.214. The monoisotopic (exact) mass is 338 g/mol. The first-order chi connectivity index (χ1) is 10.5. The molecule has 2 aromatic rings. The van der Waals surface area contributed by atoms with Crippen LogP contribution in [0.4, 0.5) is 0 Å². The van der Waals surface area contributed by atoms with Gasteiger partial charge in [-0.1, -0.05) is 29.0 Å². The summed E-state index contributed by atoms with van der Waals surface area (Å²) in [5.74, 6) is 0. The van der Waals surface area contributed by atoms with E-state index in [1.54, 1.807) is 12.3 Å². The molecular weight excluding hydrogens is 320 g/mol. The van der Waals surface area contributed by atoms with Crippen molar-refractivity contribution in [2.75, 3.05) is 13.1 Å². The van der Waals surface area contributed by atoms with E-state index < -0.39 is 10.0 Å². The van der Waals surface area contributed by atoms with Gasteiger partial charge in [0, 0.05) is 18.1 Å². The molecule has 2 heterocycles. The van der Waals surface area contributed by atoms with Gasteiger partial charge in [-0.05, 0) is 31.9 Å². The van der Waals surface area contributed by atoms with E-state index >= 15 is 0 Å². The van der Waals surface area contributed by atoms with Crippen LogP contribution >= 0.6 is 11.3 Å². The van der Waals surface area contributed by atoms with Gasteiger partial charge in [-0.3, -0.25) is 0 Å². The van der Waals surface area contributed by atoms with E-state index in [-0.39, 0.29) is 6.10 Å². The molecule has 0 spiro atoms. The van der Waals surface area contributed by atoms with Crippen LogP contribution in [0, 0.1) is 13.8 Å². The van der Waals surface area contributed by atoms with Crippen LogP contribution in [0.2, 0.25) is 0 Å². The summed E-state index contributed by atoms with van der Waals surface area (Å²) in [7, 11) is -3.46.